The van der Waals surface area contributed by atoms with Crippen LogP contribution in [0.1, 0.15) is 10.4 Å². The lowest BCUT2D eigenvalue weighted by Crippen LogP contribution is -2.12. The lowest BCUT2D eigenvalue weighted by atomic mass is 10.1. The van der Waals surface area contributed by atoms with Gasteiger partial charge in [0.25, 0.3) is 11.6 Å². The topological polar surface area (TPSA) is 89.5 Å². The number of amides is 1. The Balaban J connectivity index is 1.53. The van der Waals surface area contributed by atoms with E-state index in [0.29, 0.717) is 5.69 Å². The normalized spacial score (nSPS) is 10.9. The number of hydrogen-bond acceptors (Lipinski definition) is 5. The van der Waals surface area contributed by atoms with Crippen LogP contribution in [0.5, 0.6) is 0 Å². The maximum absolute atomic E-state index is 12.3. The Bertz CT molecular complexity index is 1140. The van der Waals surface area contributed by atoms with E-state index in [1.54, 1.807) is 23.5 Å². The number of halogens is 1. The third-order valence-corrected chi connectivity index (χ3v) is 5.03. The van der Waals surface area contributed by atoms with Crippen LogP contribution in [0.15, 0.2) is 60.2 Å². The van der Waals surface area contributed by atoms with Crippen molar-refractivity contribution >= 4 is 45.2 Å². The predicted octanol–water partition coefficient (Wildman–Crippen LogP) is 4.88. The molecule has 0 aliphatic heterocycles. The van der Waals surface area contributed by atoms with Gasteiger partial charge in [-0.15, -0.1) is 11.3 Å². The van der Waals surface area contributed by atoms with E-state index >= 15 is 0 Å². The summed E-state index contributed by atoms with van der Waals surface area (Å²) in [5.74, 6) is -0.454. The van der Waals surface area contributed by atoms with Gasteiger partial charge in [0.1, 0.15) is 5.02 Å². The highest BCUT2D eigenvalue weighted by atomic mass is 35.5. The molecular formula is C18H11ClN4O3S. The Labute approximate surface area is 162 Å². The molecule has 4 aromatic rings. The number of rotatable bonds is 4. The van der Waals surface area contributed by atoms with Crippen LogP contribution in [0.3, 0.4) is 0 Å². The number of benzene rings is 2. The number of aromatic nitrogens is 2. The molecule has 1 N–H and O–H groups in total. The monoisotopic (exact) mass is 398 g/mol. The molecule has 0 saturated carbocycles. The molecule has 0 aliphatic rings. The van der Waals surface area contributed by atoms with E-state index in [2.05, 4.69) is 10.3 Å². The number of nitro groups is 1. The molecule has 0 unspecified atom stereocenters. The van der Waals surface area contributed by atoms with Crippen molar-refractivity contribution in [1.82, 2.24) is 9.38 Å². The third kappa shape index (κ3) is 3.40. The van der Waals surface area contributed by atoms with Gasteiger partial charge in [-0.3, -0.25) is 19.3 Å². The zero-order valence-corrected chi connectivity index (χ0v) is 15.2. The van der Waals surface area contributed by atoms with Gasteiger partial charge in [-0.2, -0.15) is 0 Å². The maximum atomic E-state index is 12.3. The molecule has 0 bridgehead atoms. The minimum atomic E-state index is -0.621. The second-order valence-corrected chi connectivity index (χ2v) is 6.95. The molecule has 2 heterocycles. The first-order valence-corrected chi connectivity index (χ1v) is 9.05. The first-order chi connectivity index (χ1) is 13.0. The zero-order chi connectivity index (χ0) is 19.0. The summed E-state index contributed by atoms with van der Waals surface area (Å²) in [7, 11) is 0. The molecule has 4 rings (SSSR count). The summed E-state index contributed by atoms with van der Waals surface area (Å²) in [4.78, 5) is 28.1. The van der Waals surface area contributed by atoms with Crippen LogP contribution in [-0.4, -0.2) is 20.2 Å². The predicted molar refractivity (Wildman–Crippen MR) is 105 cm³/mol. The molecule has 27 heavy (non-hydrogen) atoms. The minimum absolute atomic E-state index is 0.0131. The highest BCUT2D eigenvalue weighted by Crippen LogP contribution is 2.26. The summed E-state index contributed by atoms with van der Waals surface area (Å²) in [6.07, 6.45) is 3.88. The smallest absolute Gasteiger partial charge is 0.288 e. The maximum Gasteiger partial charge on any atom is 0.288 e. The van der Waals surface area contributed by atoms with Crippen molar-refractivity contribution in [2.45, 2.75) is 0 Å². The summed E-state index contributed by atoms with van der Waals surface area (Å²) in [6.45, 7) is 0. The summed E-state index contributed by atoms with van der Waals surface area (Å²) in [6, 6.07) is 11.2. The molecule has 2 aromatic heterocycles. The van der Waals surface area contributed by atoms with Crippen molar-refractivity contribution in [3.8, 4) is 11.3 Å². The largest absolute Gasteiger partial charge is 0.322 e. The second-order valence-electron chi connectivity index (χ2n) is 5.67. The Morgan fingerprint density at radius 2 is 2.00 bits per heavy atom. The van der Waals surface area contributed by atoms with Crippen molar-refractivity contribution in [3.05, 3.63) is 80.9 Å². The molecule has 2 aromatic carbocycles. The number of fused-ring (bicyclic) bond motifs is 1. The Kier molecular flexibility index (Phi) is 4.35. The Hall–Kier alpha value is -3.23. The average Bonchev–Trinajstić information content (AvgIpc) is 3.24. The van der Waals surface area contributed by atoms with Gasteiger partial charge in [0, 0.05) is 40.7 Å². The third-order valence-electron chi connectivity index (χ3n) is 3.94. The standard InChI is InChI=1S/C18H11ClN4O3S/c19-14-6-3-12(9-16(14)23(25)26)17(24)20-13-4-1-11(2-5-13)15-10-22-7-8-27-18(22)21-15/h1-10H,(H,20,24). The SMILES string of the molecule is O=C(Nc1ccc(-c2cn3ccsc3n2)cc1)c1ccc(Cl)c([N+](=O)[O-])c1. The van der Waals surface area contributed by atoms with Gasteiger partial charge < -0.3 is 5.32 Å². The summed E-state index contributed by atoms with van der Waals surface area (Å²) in [5.41, 5.74) is 2.19. The van der Waals surface area contributed by atoms with Gasteiger partial charge in [0.05, 0.1) is 10.6 Å². The van der Waals surface area contributed by atoms with Crippen molar-refractivity contribution in [2.24, 2.45) is 0 Å². The molecule has 0 aliphatic carbocycles. The molecule has 9 heteroatoms. The second kappa shape index (κ2) is 6.82. The zero-order valence-electron chi connectivity index (χ0n) is 13.6. The number of thiazole rings is 1. The molecule has 7 nitrogen and oxygen atoms in total. The highest BCUT2D eigenvalue weighted by Gasteiger charge is 2.16. The molecular weight excluding hydrogens is 388 g/mol. The van der Waals surface area contributed by atoms with Gasteiger partial charge in [0.2, 0.25) is 0 Å². The number of nitrogens with one attached hydrogen (secondary N) is 1. The van der Waals surface area contributed by atoms with Gasteiger partial charge in [-0.25, -0.2) is 4.98 Å². The fourth-order valence-corrected chi connectivity index (χ4v) is 3.47. The van der Waals surface area contributed by atoms with E-state index in [0.717, 1.165) is 22.3 Å². The van der Waals surface area contributed by atoms with Crippen molar-refractivity contribution < 1.29 is 9.72 Å². The van der Waals surface area contributed by atoms with E-state index in [4.69, 9.17) is 11.6 Å². The summed E-state index contributed by atoms with van der Waals surface area (Å²) in [5, 5.41) is 15.6. The van der Waals surface area contributed by atoms with Gasteiger partial charge >= 0.3 is 0 Å². The number of hydrogen-bond donors (Lipinski definition) is 1. The Morgan fingerprint density at radius 3 is 2.70 bits per heavy atom. The van der Waals surface area contributed by atoms with E-state index in [1.807, 2.05) is 34.3 Å². The first-order valence-electron chi connectivity index (χ1n) is 7.79. The van der Waals surface area contributed by atoms with Gasteiger partial charge in [-0.05, 0) is 24.3 Å². The number of carbonyl (C=O) groups excluding carboxylic acids is 1. The van der Waals surface area contributed by atoms with E-state index in [1.165, 1.54) is 12.1 Å². The molecule has 0 atom stereocenters. The van der Waals surface area contributed by atoms with Crippen LogP contribution in [0, 0.1) is 10.1 Å². The van der Waals surface area contributed by atoms with Gasteiger partial charge in [-0.1, -0.05) is 23.7 Å². The molecule has 1 amide bonds. The molecule has 0 radical (unpaired) electrons. The molecule has 0 fully saturated rings. The molecule has 0 saturated heterocycles. The lowest BCUT2D eigenvalue weighted by Gasteiger charge is -2.06. The van der Waals surface area contributed by atoms with Crippen molar-refractivity contribution in [2.75, 3.05) is 5.32 Å². The van der Waals surface area contributed by atoms with E-state index in [-0.39, 0.29) is 16.3 Å². The number of nitro benzene ring substituents is 1. The lowest BCUT2D eigenvalue weighted by molar-refractivity contribution is -0.384. The number of imidazole rings is 1. The van der Waals surface area contributed by atoms with Crippen LogP contribution >= 0.6 is 22.9 Å². The fraction of sp³-hybridized carbons (Fsp3) is 0. The molecule has 134 valence electrons. The van der Waals surface area contributed by atoms with E-state index in [9.17, 15) is 14.9 Å². The van der Waals surface area contributed by atoms with Gasteiger partial charge in [0.15, 0.2) is 4.96 Å². The van der Waals surface area contributed by atoms with Crippen LogP contribution in [0.25, 0.3) is 16.2 Å². The number of anilines is 1. The fourth-order valence-electron chi connectivity index (χ4n) is 2.59. The summed E-state index contributed by atoms with van der Waals surface area (Å²) >= 11 is 7.33. The highest BCUT2D eigenvalue weighted by molar-refractivity contribution is 7.15. The van der Waals surface area contributed by atoms with Crippen LogP contribution in [-0.2, 0) is 0 Å². The summed E-state index contributed by atoms with van der Waals surface area (Å²) < 4.78 is 1.95. The number of nitrogens with zero attached hydrogens (tertiary/aromatic N) is 3. The minimum Gasteiger partial charge on any atom is -0.322 e. The number of carbonyl (C=O) groups is 1. The van der Waals surface area contributed by atoms with Crippen LogP contribution in [0.4, 0.5) is 11.4 Å². The first kappa shape index (κ1) is 17.2. The van der Waals surface area contributed by atoms with Crippen LogP contribution < -0.4 is 5.32 Å². The van der Waals surface area contributed by atoms with Crippen LogP contribution in [0.2, 0.25) is 5.02 Å². The Morgan fingerprint density at radius 1 is 1.22 bits per heavy atom. The molecule has 0 spiro atoms. The van der Waals surface area contributed by atoms with E-state index < -0.39 is 10.8 Å². The van der Waals surface area contributed by atoms with Crippen molar-refractivity contribution in [3.63, 3.8) is 0 Å². The average molecular weight is 399 g/mol. The quantitative estimate of drug-likeness (QED) is 0.392. The van der Waals surface area contributed by atoms with Crippen molar-refractivity contribution in [1.29, 1.82) is 0 Å².